The zero-order valence-electron chi connectivity index (χ0n) is 24.0. The average molecular weight is 605 g/mol. The zero-order chi connectivity index (χ0) is 29.9. The summed E-state index contributed by atoms with van der Waals surface area (Å²) in [7, 11) is 1.58. The van der Waals surface area contributed by atoms with Crippen LogP contribution in [0.4, 0.5) is 11.4 Å². The SMILES string of the molecule is COc1cc(/C=C2\SC(=Nc3ccc(C)cc3)N(c3ccc(C)cc3)C2=O)cc(Cl)c1OCc1cccc2ccccc12. The molecule has 0 unspecified atom stereocenters. The van der Waals surface area contributed by atoms with Crippen LogP contribution in [0.15, 0.2) is 113 Å². The molecule has 43 heavy (non-hydrogen) atoms. The lowest BCUT2D eigenvalue weighted by Gasteiger charge is -2.16. The van der Waals surface area contributed by atoms with Crippen molar-refractivity contribution in [3.63, 3.8) is 0 Å². The molecule has 1 heterocycles. The number of aliphatic imine (C=N–C) groups is 1. The molecule has 0 N–H and O–H groups in total. The summed E-state index contributed by atoms with van der Waals surface area (Å²) >= 11 is 8.07. The van der Waals surface area contributed by atoms with Gasteiger partial charge in [0.2, 0.25) is 0 Å². The van der Waals surface area contributed by atoms with Crippen LogP contribution in [0.25, 0.3) is 16.8 Å². The first-order valence-corrected chi connectivity index (χ1v) is 15.0. The summed E-state index contributed by atoms with van der Waals surface area (Å²) in [6.45, 7) is 4.38. The molecule has 0 atom stereocenters. The minimum Gasteiger partial charge on any atom is -0.493 e. The summed E-state index contributed by atoms with van der Waals surface area (Å²) < 4.78 is 11.9. The van der Waals surface area contributed by atoms with Crippen molar-refractivity contribution in [3.05, 3.63) is 135 Å². The number of hydrogen-bond acceptors (Lipinski definition) is 5. The smallest absolute Gasteiger partial charge is 0.271 e. The van der Waals surface area contributed by atoms with E-state index >= 15 is 0 Å². The number of rotatable bonds is 7. The number of anilines is 1. The second kappa shape index (κ2) is 12.4. The first-order chi connectivity index (χ1) is 20.9. The lowest BCUT2D eigenvalue weighted by atomic mass is 10.1. The maximum absolute atomic E-state index is 13.8. The van der Waals surface area contributed by atoms with Gasteiger partial charge in [0.25, 0.3) is 5.91 Å². The maximum atomic E-state index is 13.8. The molecule has 0 spiro atoms. The highest BCUT2D eigenvalue weighted by Crippen LogP contribution is 2.41. The second-order valence-corrected chi connectivity index (χ2v) is 11.7. The van der Waals surface area contributed by atoms with Gasteiger partial charge in [0.05, 0.1) is 28.4 Å². The molecule has 5 aromatic carbocycles. The van der Waals surface area contributed by atoms with Gasteiger partial charge < -0.3 is 9.47 Å². The number of fused-ring (bicyclic) bond motifs is 1. The molecule has 0 bridgehead atoms. The molecule has 5 aromatic rings. The van der Waals surface area contributed by atoms with Crippen molar-refractivity contribution in [3.8, 4) is 11.5 Å². The molecule has 214 valence electrons. The van der Waals surface area contributed by atoms with E-state index in [1.165, 1.54) is 11.8 Å². The van der Waals surface area contributed by atoms with E-state index in [0.29, 0.717) is 33.2 Å². The Balaban J connectivity index is 1.31. The van der Waals surface area contributed by atoms with Gasteiger partial charge in [-0.25, -0.2) is 4.99 Å². The number of carbonyl (C=O) groups excluding carboxylic acids is 1. The van der Waals surface area contributed by atoms with Gasteiger partial charge in [0.1, 0.15) is 6.61 Å². The van der Waals surface area contributed by atoms with Crippen molar-refractivity contribution in [2.75, 3.05) is 12.0 Å². The molecule has 1 aliphatic heterocycles. The van der Waals surface area contributed by atoms with E-state index in [4.69, 9.17) is 26.1 Å². The average Bonchev–Trinajstić information content (AvgIpc) is 3.31. The minimum absolute atomic E-state index is 0.161. The molecule has 1 fully saturated rings. The molecule has 0 radical (unpaired) electrons. The molecule has 6 rings (SSSR count). The normalized spacial score (nSPS) is 15.1. The number of nitrogens with zero attached hydrogens (tertiary/aromatic N) is 2. The van der Waals surface area contributed by atoms with Crippen LogP contribution in [0.3, 0.4) is 0 Å². The van der Waals surface area contributed by atoms with E-state index in [0.717, 1.165) is 44.4 Å². The van der Waals surface area contributed by atoms with Gasteiger partial charge in [-0.2, -0.15) is 0 Å². The molecule has 1 saturated heterocycles. The molecular weight excluding hydrogens is 576 g/mol. The van der Waals surface area contributed by atoms with E-state index in [2.05, 4.69) is 18.2 Å². The molecular formula is C36H29ClN2O3S. The summed E-state index contributed by atoms with van der Waals surface area (Å²) in [5, 5.41) is 3.25. The lowest BCUT2D eigenvalue weighted by molar-refractivity contribution is -0.113. The quantitative estimate of drug-likeness (QED) is 0.174. The van der Waals surface area contributed by atoms with E-state index < -0.39 is 0 Å². The van der Waals surface area contributed by atoms with E-state index in [-0.39, 0.29) is 5.91 Å². The summed E-state index contributed by atoms with van der Waals surface area (Å²) in [5.74, 6) is 0.776. The Kier molecular flexibility index (Phi) is 8.23. The van der Waals surface area contributed by atoms with Crippen molar-refractivity contribution in [1.29, 1.82) is 0 Å². The number of halogens is 1. The maximum Gasteiger partial charge on any atom is 0.271 e. The van der Waals surface area contributed by atoms with Gasteiger partial charge in [-0.05, 0) is 90.0 Å². The molecule has 0 aromatic heterocycles. The fourth-order valence-corrected chi connectivity index (χ4v) is 6.16. The highest BCUT2D eigenvalue weighted by Gasteiger charge is 2.35. The highest BCUT2D eigenvalue weighted by molar-refractivity contribution is 8.19. The van der Waals surface area contributed by atoms with Crippen LogP contribution in [-0.4, -0.2) is 18.2 Å². The first kappa shape index (κ1) is 28.6. The Morgan fingerprint density at radius 1 is 0.884 bits per heavy atom. The molecule has 5 nitrogen and oxygen atoms in total. The number of methoxy groups -OCH3 is 1. The van der Waals surface area contributed by atoms with Gasteiger partial charge in [-0.15, -0.1) is 0 Å². The van der Waals surface area contributed by atoms with Crippen molar-refractivity contribution >= 4 is 62.7 Å². The third-order valence-corrected chi connectivity index (χ3v) is 8.41. The fraction of sp³-hybridized carbons (Fsp3) is 0.111. The third kappa shape index (κ3) is 6.17. The van der Waals surface area contributed by atoms with Gasteiger partial charge in [0.15, 0.2) is 16.7 Å². The Bertz CT molecular complexity index is 1880. The summed E-state index contributed by atoms with van der Waals surface area (Å²) in [6, 6.07) is 33.7. The summed E-state index contributed by atoms with van der Waals surface area (Å²) in [5.41, 5.74) is 5.55. The van der Waals surface area contributed by atoms with Crippen molar-refractivity contribution in [2.24, 2.45) is 4.99 Å². The number of hydrogen-bond donors (Lipinski definition) is 0. The van der Waals surface area contributed by atoms with E-state index in [9.17, 15) is 4.79 Å². The van der Waals surface area contributed by atoms with E-state index in [1.807, 2.05) is 98.8 Å². The van der Waals surface area contributed by atoms with Crippen molar-refractivity contribution < 1.29 is 14.3 Å². The van der Waals surface area contributed by atoms with Crippen molar-refractivity contribution in [1.82, 2.24) is 0 Å². The summed E-state index contributed by atoms with van der Waals surface area (Å²) in [4.78, 5) is 20.8. The van der Waals surface area contributed by atoms with Crippen LogP contribution in [0.5, 0.6) is 11.5 Å². The molecule has 1 amide bonds. The number of benzene rings is 5. The van der Waals surface area contributed by atoms with Crippen LogP contribution < -0.4 is 14.4 Å². The van der Waals surface area contributed by atoms with Crippen LogP contribution in [0.2, 0.25) is 5.02 Å². The predicted molar refractivity (Wildman–Crippen MR) is 179 cm³/mol. The van der Waals surface area contributed by atoms with Gasteiger partial charge in [-0.3, -0.25) is 9.69 Å². The Morgan fingerprint density at radius 2 is 1.58 bits per heavy atom. The fourth-order valence-electron chi connectivity index (χ4n) is 4.88. The number of amidine groups is 1. The highest BCUT2D eigenvalue weighted by atomic mass is 35.5. The number of carbonyl (C=O) groups is 1. The predicted octanol–water partition coefficient (Wildman–Crippen LogP) is 9.51. The van der Waals surface area contributed by atoms with Gasteiger partial charge in [-0.1, -0.05) is 89.5 Å². The van der Waals surface area contributed by atoms with Crippen LogP contribution >= 0.6 is 23.4 Å². The minimum atomic E-state index is -0.161. The monoisotopic (exact) mass is 604 g/mol. The largest absolute Gasteiger partial charge is 0.493 e. The number of amides is 1. The van der Waals surface area contributed by atoms with Crippen LogP contribution in [-0.2, 0) is 11.4 Å². The number of ether oxygens (including phenoxy) is 2. The van der Waals surface area contributed by atoms with Gasteiger partial charge >= 0.3 is 0 Å². The molecule has 0 aliphatic carbocycles. The molecule has 0 saturated carbocycles. The van der Waals surface area contributed by atoms with Crippen LogP contribution in [0, 0.1) is 13.8 Å². The van der Waals surface area contributed by atoms with Gasteiger partial charge in [0, 0.05) is 0 Å². The topological polar surface area (TPSA) is 51.1 Å². The van der Waals surface area contributed by atoms with Crippen LogP contribution in [0.1, 0.15) is 22.3 Å². The zero-order valence-corrected chi connectivity index (χ0v) is 25.6. The Labute approximate surface area is 260 Å². The molecule has 1 aliphatic rings. The number of aryl methyl sites for hydroxylation is 2. The van der Waals surface area contributed by atoms with E-state index in [1.54, 1.807) is 18.1 Å². The Hall–Kier alpha value is -4.52. The first-order valence-electron chi connectivity index (χ1n) is 13.8. The van der Waals surface area contributed by atoms with Crippen molar-refractivity contribution in [2.45, 2.75) is 20.5 Å². The summed E-state index contributed by atoms with van der Waals surface area (Å²) in [6.07, 6.45) is 1.81. The molecule has 7 heteroatoms. The third-order valence-electron chi connectivity index (χ3n) is 7.16. The second-order valence-electron chi connectivity index (χ2n) is 10.3. The standard InChI is InChI=1S/C36H29ClN2O3S/c1-23-11-15-28(16-12-23)38-36-39(29-17-13-24(2)14-18-29)35(40)33(43-36)21-25-19-31(37)34(32(20-25)41-3)42-22-27-9-6-8-26-7-4-5-10-30(26)27/h4-21H,22H2,1-3H3/b33-21-,38-36?. The Morgan fingerprint density at radius 3 is 2.33 bits per heavy atom. The number of thioether (sulfide) groups is 1. The lowest BCUT2D eigenvalue weighted by Crippen LogP contribution is -2.28.